The number of phenols is 1. The standard InChI is InChI=1S/C20H22N4O4/c1-23-11-16(20(21)27)19(22-23)12-3-2-6-24(9-12)10-13-7-18(26)28-17-8-14(25)4-5-15(13)17/h4-5,7-8,11-12,25H,2-3,6,9-10H2,1H3,(H2,21,27)/t12-/m0/s1. The Balaban J connectivity index is 1.61. The van der Waals surface area contributed by atoms with Crippen molar-refractivity contribution in [2.75, 3.05) is 13.1 Å². The first-order valence-electron chi connectivity index (χ1n) is 9.22. The van der Waals surface area contributed by atoms with Gasteiger partial charge in [-0.05, 0) is 37.1 Å². The van der Waals surface area contributed by atoms with Crippen molar-refractivity contribution in [2.45, 2.75) is 25.3 Å². The highest BCUT2D eigenvalue weighted by molar-refractivity contribution is 5.93. The third-order valence-corrected chi connectivity index (χ3v) is 5.22. The molecular weight excluding hydrogens is 360 g/mol. The van der Waals surface area contributed by atoms with Crippen molar-refractivity contribution in [3.8, 4) is 5.75 Å². The summed E-state index contributed by atoms with van der Waals surface area (Å²) in [5.74, 6) is -0.306. The van der Waals surface area contributed by atoms with Crippen LogP contribution < -0.4 is 11.4 Å². The van der Waals surface area contributed by atoms with Gasteiger partial charge in [0.25, 0.3) is 5.91 Å². The van der Waals surface area contributed by atoms with Gasteiger partial charge in [-0.2, -0.15) is 5.10 Å². The monoisotopic (exact) mass is 382 g/mol. The molecule has 0 spiro atoms. The Labute approximate surface area is 161 Å². The average molecular weight is 382 g/mol. The number of hydrogen-bond acceptors (Lipinski definition) is 6. The molecule has 1 atom stereocenters. The van der Waals surface area contributed by atoms with Crippen LogP contribution in [0.2, 0.25) is 0 Å². The number of hydrogen-bond donors (Lipinski definition) is 2. The van der Waals surface area contributed by atoms with E-state index in [0.717, 1.165) is 42.6 Å². The predicted molar refractivity (Wildman–Crippen MR) is 103 cm³/mol. The normalized spacial score (nSPS) is 17.8. The van der Waals surface area contributed by atoms with Gasteiger partial charge in [-0.15, -0.1) is 0 Å². The average Bonchev–Trinajstić information content (AvgIpc) is 3.03. The highest BCUT2D eigenvalue weighted by Crippen LogP contribution is 2.30. The van der Waals surface area contributed by atoms with Crippen molar-refractivity contribution >= 4 is 16.9 Å². The number of fused-ring (bicyclic) bond motifs is 1. The molecule has 0 radical (unpaired) electrons. The molecule has 1 fully saturated rings. The highest BCUT2D eigenvalue weighted by Gasteiger charge is 2.27. The molecule has 3 aromatic rings. The summed E-state index contributed by atoms with van der Waals surface area (Å²) in [5, 5.41) is 14.9. The number of aromatic hydroxyl groups is 1. The van der Waals surface area contributed by atoms with Gasteiger partial charge in [0.1, 0.15) is 11.3 Å². The number of nitrogens with zero attached hydrogens (tertiary/aromatic N) is 3. The van der Waals surface area contributed by atoms with Crippen molar-refractivity contribution in [3.05, 3.63) is 57.7 Å². The summed E-state index contributed by atoms with van der Waals surface area (Å²) in [6.07, 6.45) is 3.55. The molecule has 3 heterocycles. The van der Waals surface area contributed by atoms with Crippen LogP contribution in [0.25, 0.3) is 11.0 Å². The minimum absolute atomic E-state index is 0.0555. The molecule has 1 aliphatic rings. The number of carbonyl (C=O) groups excluding carboxylic acids is 1. The number of phenolic OH excluding ortho intramolecular Hbond substituents is 1. The van der Waals surface area contributed by atoms with Gasteiger partial charge >= 0.3 is 5.63 Å². The first-order valence-corrected chi connectivity index (χ1v) is 9.22. The third-order valence-electron chi connectivity index (χ3n) is 5.22. The molecule has 3 N–H and O–H groups in total. The molecule has 1 aromatic carbocycles. The number of piperidine rings is 1. The van der Waals surface area contributed by atoms with Crippen molar-refractivity contribution in [3.63, 3.8) is 0 Å². The summed E-state index contributed by atoms with van der Waals surface area (Å²) in [7, 11) is 1.78. The molecule has 28 heavy (non-hydrogen) atoms. The number of aryl methyl sites for hydroxylation is 1. The zero-order valence-corrected chi connectivity index (χ0v) is 15.6. The summed E-state index contributed by atoms with van der Waals surface area (Å²) in [4.78, 5) is 25.9. The molecular formula is C20H22N4O4. The molecule has 0 unspecified atom stereocenters. The van der Waals surface area contributed by atoms with Gasteiger partial charge in [-0.25, -0.2) is 4.79 Å². The van der Waals surface area contributed by atoms with Gasteiger partial charge in [-0.3, -0.25) is 14.4 Å². The van der Waals surface area contributed by atoms with Gasteiger partial charge in [0.2, 0.25) is 0 Å². The van der Waals surface area contributed by atoms with Crippen LogP contribution in [0.5, 0.6) is 5.75 Å². The summed E-state index contributed by atoms with van der Waals surface area (Å²) in [6.45, 7) is 2.17. The number of rotatable bonds is 4. The summed E-state index contributed by atoms with van der Waals surface area (Å²) in [6, 6.07) is 6.29. The largest absolute Gasteiger partial charge is 0.508 e. The minimum Gasteiger partial charge on any atom is -0.508 e. The van der Waals surface area contributed by atoms with Crippen molar-refractivity contribution in [1.82, 2.24) is 14.7 Å². The maximum atomic E-state index is 11.9. The zero-order valence-electron chi connectivity index (χ0n) is 15.6. The second-order valence-electron chi connectivity index (χ2n) is 7.31. The molecule has 4 rings (SSSR count). The molecule has 8 heteroatoms. The van der Waals surface area contributed by atoms with E-state index in [0.29, 0.717) is 17.7 Å². The van der Waals surface area contributed by atoms with Gasteiger partial charge < -0.3 is 15.3 Å². The van der Waals surface area contributed by atoms with E-state index in [9.17, 15) is 14.7 Å². The third kappa shape index (κ3) is 3.50. The maximum Gasteiger partial charge on any atom is 0.336 e. The number of carbonyl (C=O) groups is 1. The lowest BCUT2D eigenvalue weighted by atomic mass is 9.92. The van der Waals surface area contributed by atoms with E-state index < -0.39 is 11.5 Å². The second kappa shape index (κ2) is 7.12. The molecule has 8 nitrogen and oxygen atoms in total. The molecule has 1 saturated heterocycles. The van der Waals surface area contributed by atoms with E-state index >= 15 is 0 Å². The topological polar surface area (TPSA) is 115 Å². The van der Waals surface area contributed by atoms with Gasteiger partial charge in [-0.1, -0.05) is 0 Å². The molecule has 2 aromatic heterocycles. The molecule has 1 aliphatic heterocycles. The lowest BCUT2D eigenvalue weighted by molar-refractivity contribution is 0.0997. The molecule has 0 aliphatic carbocycles. The smallest absolute Gasteiger partial charge is 0.336 e. The fourth-order valence-corrected chi connectivity index (χ4v) is 4.01. The van der Waals surface area contributed by atoms with Crippen molar-refractivity contribution < 1.29 is 14.3 Å². The number of primary amides is 1. The second-order valence-corrected chi connectivity index (χ2v) is 7.31. The lowest BCUT2D eigenvalue weighted by Crippen LogP contribution is -2.35. The van der Waals surface area contributed by atoms with E-state index in [2.05, 4.69) is 10.00 Å². The summed E-state index contributed by atoms with van der Waals surface area (Å²) >= 11 is 0. The summed E-state index contributed by atoms with van der Waals surface area (Å²) < 4.78 is 6.83. The van der Waals surface area contributed by atoms with E-state index in [1.165, 1.54) is 12.1 Å². The Kier molecular flexibility index (Phi) is 4.64. The minimum atomic E-state index is -0.466. The van der Waals surface area contributed by atoms with Crippen LogP contribution in [0, 0.1) is 0 Å². The Morgan fingerprint density at radius 2 is 2.21 bits per heavy atom. The highest BCUT2D eigenvalue weighted by atomic mass is 16.4. The predicted octanol–water partition coefficient (Wildman–Crippen LogP) is 1.71. The molecule has 146 valence electrons. The molecule has 1 amide bonds. The quantitative estimate of drug-likeness (QED) is 0.664. The van der Waals surface area contributed by atoms with Crippen LogP contribution >= 0.6 is 0 Å². The number of nitrogens with two attached hydrogens (primary N) is 1. The van der Waals surface area contributed by atoms with E-state index in [-0.39, 0.29) is 11.7 Å². The van der Waals surface area contributed by atoms with Crippen LogP contribution in [0.15, 0.2) is 39.7 Å². The fourth-order valence-electron chi connectivity index (χ4n) is 4.01. The van der Waals surface area contributed by atoms with Crippen LogP contribution in [-0.4, -0.2) is 38.8 Å². The fraction of sp³-hybridized carbons (Fsp3) is 0.350. The zero-order chi connectivity index (χ0) is 19.8. The first kappa shape index (κ1) is 18.2. The Hall–Kier alpha value is -3.13. The Morgan fingerprint density at radius 1 is 1.39 bits per heavy atom. The van der Waals surface area contributed by atoms with Crippen LogP contribution in [-0.2, 0) is 13.6 Å². The number of likely N-dealkylation sites (tertiary alicyclic amines) is 1. The van der Waals surface area contributed by atoms with Crippen molar-refractivity contribution in [1.29, 1.82) is 0 Å². The molecule has 0 bridgehead atoms. The van der Waals surface area contributed by atoms with E-state index in [4.69, 9.17) is 10.2 Å². The number of benzene rings is 1. The first-order chi connectivity index (χ1) is 13.4. The van der Waals surface area contributed by atoms with Gasteiger partial charge in [0.05, 0.1) is 11.3 Å². The van der Waals surface area contributed by atoms with Crippen molar-refractivity contribution in [2.24, 2.45) is 12.8 Å². The number of amides is 1. The summed E-state index contributed by atoms with van der Waals surface area (Å²) in [5.41, 5.74) is 7.50. The lowest BCUT2D eigenvalue weighted by Gasteiger charge is -2.32. The van der Waals surface area contributed by atoms with E-state index in [1.54, 1.807) is 30.1 Å². The molecule has 0 saturated carbocycles. The van der Waals surface area contributed by atoms with Crippen LogP contribution in [0.4, 0.5) is 0 Å². The Morgan fingerprint density at radius 3 is 3.00 bits per heavy atom. The van der Waals surface area contributed by atoms with Crippen LogP contribution in [0.1, 0.15) is 40.4 Å². The maximum absolute atomic E-state index is 11.9. The van der Waals surface area contributed by atoms with Gasteiger partial charge in [0.15, 0.2) is 0 Å². The Bertz CT molecular complexity index is 1100. The SMILES string of the molecule is Cn1cc(C(N)=O)c([C@H]2CCCN(Cc3cc(=O)oc4cc(O)ccc34)C2)n1. The van der Waals surface area contributed by atoms with Gasteiger partial charge in [0, 0.05) is 49.8 Å². The van der Waals surface area contributed by atoms with E-state index in [1.807, 2.05) is 0 Å². The number of aromatic nitrogens is 2. The van der Waals surface area contributed by atoms with Crippen LogP contribution in [0.3, 0.4) is 0 Å².